The van der Waals surface area contributed by atoms with Crippen molar-refractivity contribution >= 4 is 32.9 Å². The van der Waals surface area contributed by atoms with Crippen LogP contribution in [-0.4, -0.2) is 73.6 Å². The van der Waals surface area contributed by atoms with Gasteiger partial charge in [0.15, 0.2) is 15.4 Å². The Hall–Kier alpha value is -2.13. The van der Waals surface area contributed by atoms with Crippen LogP contribution in [0.15, 0.2) is 22.6 Å². The van der Waals surface area contributed by atoms with E-state index in [-0.39, 0.29) is 5.75 Å². The maximum atomic E-state index is 11.7. The zero-order valence-corrected chi connectivity index (χ0v) is 14.8. The summed E-state index contributed by atoms with van der Waals surface area (Å²) in [4.78, 5) is 19.1. The number of anilines is 1. The highest BCUT2D eigenvalue weighted by molar-refractivity contribution is 7.92. The number of hydrogen-bond acceptors (Lipinski definition) is 7. The van der Waals surface area contributed by atoms with Gasteiger partial charge in [-0.2, -0.15) is 4.98 Å². The number of carbonyl (C=O) groups is 1. The number of fused-ring (bicyclic) bond motifs is 1. The van der Waals surface area contributed by atoms with Gasteiger partial charge in [0.1, 0.15) is 11.3 Å². The maximum absolute atomic E-state index is 11.7. The van der Waals surface area contributed by atoms with E-state index in [0.717, 1.165) is 16.7 Å². The largest absolute Gasteiger partial charge is 0.480 e. The number of aromatic nitrogens is 1. The van der Waals surface area contributed by atoms with Gasteiger partial charge in [0.25, 0.3) is 6.01 Å². The van der Waals surface area contributed by atoms with Crippen LogP contribution in [0.3, 0.4) is 0 Å². The molecule has 0 amide bonds. The summed E-state index contributed by atoms with van der Waals surface area (Å²) in [7, 11) is -3.55. The Morgan fingerprint density at radius 3 is 2.68 bits per heavy atom. The zero-order chi connectivity index (χ0) is 18.0. The third-order valence-corrected chi connectivity index (χ3v) is 5.73. The summed E-state index contributed by atoms with van der Waals surface area (Å²) in [5.41, 5.74) is 2.71. The van der Waals surface area contributed by atoms with Crippen molar-refractivity contribution in [1.29, 1.82) is 0 Å². The third kappa shape index (κ3) is 4.49. The van der Waals surface area contributed by atoms with Crippen LogP contribution in [0.1, 0.15) is 5.56 Å². The molecule has 1 N–H and O–H groups in total. The lowest BCUT2D eigenvalue weighted by Crippen LogP contribution is -2.48. The summed E-state index contributed by atoms with van der Waals surface area (Å²) in [6.45, 7) is 5.08. The Morgan fingerprint density at radius 1 is 1.28 bits per heavy atom. The molecule has 0 aliphatic carbocycles. The van der Waals surface area contributed by atoms with Crippen LogP contribution in [-0.2, 0) is 14.6 Å². The minimum Gasteiger partial charge on any atom is -0.480 e. The first kappa shape index (κ1) is 17.7. The molecule has 1 aliphatic rings. The molecule has 0 bridgehead atoms. The van der Waals surface area contributed by atoms with Gasteiger partial charge in [0, 0.05) is 32.7 Å². The van der Waals surface area contributed by atoms with E-state index in [1.807, 2.05) is 34.9 Å². The van der Waals surface area contributed by atoms with Gasteiger partial charge in [0.2, 0.25) is 0 Å². The fraction of sp³-hybridized carbons (Fsp3) is 0.500. The van der Waals surface area contributed by atoms with Gasteiger partial charge in [-0.15, -0.1) is 0 Å². The molecule has 1 aromatic carbocycles. The molecule has 2 aromatic rings. The number of rotatable bonds is 6. The predicted octanol–water partition coefficient (Wildman–Crippen LogP) is 0.758. The lowest BCUT2D eigenvalue weighted by molar-refractivity contribution is -0.134. The van der Waals surface area contributed by atoms with Crippen molar-refractivity contribution in [2.75, 3.05) is 49.1 Å². The highest BCUT2D eigenvalue weighted by Crippen LogP contribution is 2.23. The fourth-order valence-corrected chi connectivity index (χ4v) is 3.91. The molecule has 0 saturated carbocycles. The molecule has 3 rings (SSSR count). The summed E-state index contributed by atoms with van der Waals surface area (Å²) in [6.07, 6.45) is 0. The van der Waals surface area contributed by atoms with Crippen molar-refractivity contribution in [2.24, 2.45) is 0 Å². The summed E-state index contributed by atoms with van der Waals surface area (Å²) >= 11 is 0. The molecule has 2 heterocycles. The molecule has 0 spiro atoms. The number of aliphatic carboxylic acids is 1. The van der Waals surface area contributed by atoms with E-state index in [0.29, 0.717) is 38.7 Å². The van der Waals surface area contributed by atoms with Gasteiger partial charge in [-0.3, -0.25) is 9.69 Å². The molecular formula is C16H21N3O5S. The zero-order valence-electron chi connectivity index (χ0n) is 14.0. The molecule has 1 aliphatic heterocycles. The van der Waals surface area contributed by atoms with Crippen LogP contribution in [0.2, 0.25) is 0 Å². The summed E-state index contributed by atoms with van der Waals surface area (Å²) < 4.78 is 29.1. The van der Waals surface area contributed by atoms with Crippen molar-refractivity contribution in [1.82, 2.24) is 9.88 Å². The number of carboxylic acids is 1. The summed E-state index contributed by atoms with van der Waals surface area (Å²) in [5, 5.41) is 8.61. The van der Waals surface area contributed by atoms with E-state index in [1.54, 1.807) is 0 Å². The second-order valence-corrected chi connectivity index (χ2v) is 8.47. The highest BCUT2D eigenvalue weighted by atomic mass is 32.2. The third-order valence-electron chi connectivity index (χ3n) is 4.24. The monoisotopic (exact) mass is 367 g/mol. The first-order valence-corrected chi connectivity index (χ1v) is 9.91. The topological polar surface area (TPSA) is 104 Å². The molecule has 0 radical (unpaired) electrons. The maximum Gasteiger partial charge on any atom is 0.318 e. The summed E-state index contributed by atoms with van der Waals surface area (Å²) in [6, 6.07) is 6.45. The first-order chi connectivity index (χ1) is 11.8. The molecule has 25 heavy (non-hydrogen) atoms. The molecule has 1 aromatic heterocycles. The molecular weight excluding hydrogens is 346 g/mol. The van der Waals surface area contributed by atoms with Gasteiger partial charge in [-0.25, -0.2) is 8.42 Å². The van der Waals surface area contributed by atoms with Gasteiger partial charge in [-0.1, -0.05) is 6.07 Å². The number of piperazine rings is 1. The lowest BCUT2D eigenvalue weighted by atomic mass is 10.2. The Balaban J connectivity index is 1.55. The Kier molecular flexibility index (Phi) is 4.96. The van der Waals surface area contributed by atoms with Crippen LogP contribution in [0.5, 0.6) is 0 Å². The van der Waals surface area contributed by atoms with Gasteiger partial charge in [0.05, 0.1) is 5.75 Å². The van der Waals surface area contributed by atoms with Gasteiger partial charge < -0.3 is 14.4 Å². The number of oxazole rings is 1. The average Bonchev–Trinajstić information content (AvgIpc) is 2.95. The fourth-order valence-electron chi connectivity index (χ4n) is 2.85. The Bertz CT molecular complexity index is 869. The van der Waals surface area contributed by atoms with E-state index in [9.17, 15) is 13.2 Å². The van der Waals surface area contributed by atoms with E-state index >= 15 is 0 Å². The van der Waals surface area contributed by atoms with E-state index in [1.165, 1.54) is 0 Å². The van der Waals surface area contributed by atoms with Gasteiger partial charge in [-0.05, 0) is 24.6 Å². The van der Waals surface area contributed by atoms with Crippen molar-refractivity contribution < 1.29 is 22.7 Å². The molecule has 9 heteroatoms. The van der Waals surface area contributed by atoms with Crippen molar-refractivity contribution in [2.45, 2.75) is 6.92 Å². The summed E-state index contributed by atoms with van der Waals surface area (Å²) in [5.74, 6) is -2.26. The lowest BCUT2D eigenvalue weighted by Gasteiger charge is -2.33. The number of carboxylic acid groups (broad SMARTS) is 1. The van der Waals surface area contributed by atoms with Crippen LogP contribution >= 0.6 is 0 Å². The van der Waals surface area contributed by atoms with Crippen LogP contribution < -0.4 is 4.90 Å². The van der Waals surface area contributed by atoms with Crippen LogP contribution in [0.25, 0.3) is 11.1 Å². The second-order valence-electron chi connectivity index (χ2n) is 6.28. The minimum atomic E-state index is -3.55. The molecule has 8 nitrogen and oxygen atoms in total. The Labute approximate surface area is 146 Å². The molecule has 1 fully saturated rings. The predicted molar refractivity (Wildman–Crippen MR) is 93.7 cm³/mol. The first-order valence-electron chi connectivity index (χ1n) is 8.09. The quantitative estimate of drug-likeness (QED) is 0.798. The number of nitrogens with zero attached hydrogens (tertiary/aromatic N) is 3. The molecule has 1 saturated heterocycles. The van der Waals surface area contributed by atoms with Crippen LogP contribution in [0.4, 0.5) is 6.01 Å². The standard InChI is InChI=1S/C16H21N3O5S/c1-12-2-3-14-13(10-12)17-16(24-14)19-6-4-18(5-7-19)8-9-25(22,23)11-15(20)21/h2-3,10H,4-9,11H2,1H3,(H,20,21). The van der Waals surface area contributed by atoms with E-state index < -0.39 is 21.6 Å². The second kappa shape index (κ2) is 7.01. The van der Waals surface area contributed by atoms with Crippen molar-refractivity contribution in [3.8, 4) is 0 Å². The van der Waals surface area contributed by atoms with E-state index in [4.69, 9.17) is 9.52 Å². The number of hydrogen-bond donors (Lipinski definition) is 1. The van der Waals surface area contributed by atoms with Gasteiger partial charge >= 0.3 is 5.97 Å². The van der Waals surface area contributed by atoms with E-state index in [2.05, 4.69) is 4.98 Å². The molecule has 136 valence electrons. The SMILES string of the molecule is Cc1ccc2oc(N3CCN(CCS(=O)(=O)CC(=O)O)CC3)nc2c1. The van der Waals surface area contributed by atoms with Crippen molar-refractivity contribution in [3.05, 3.63) is 23.8 Å². The number of aryl methyl sites for hydroxylation is 1. The Morgan fingerprint density at radius 2 is 2.00 bits per heavy atom. The number of benzene rings is 1. The average molecular weight is 367 g/mol. The normalized spacial score (nSPS) is 16.4. The van der Waals surface area contributed by atoms with Crippen LogP contribution in [0, 0.1) is 6.92 Å². The molecule has 0 unspecified atom stereocenters. The molecule has 0 atom stereocenters. The highest BCUT2D eigenvalue weighted by Gasteiger charge is 2.23. The van der Waals surface area contributed by atoms with Crippen molar-refractivity contribution in [3.63, 3.8) is 0 Å². The minimum absolute atomic E-state index is 0.137. The number of sulfone groups is 1. The smallest absolute Gasteiger partial charge is 0.318 e.